The van der Waals surface area contributed by atoms with Crippen LogP contribution in [0.4, 0.5) is 5.82 Å². The summed E-state index contributed by atoms with van der Waals surface area (Å²) in [5.41, 5.74) is 8.25. The van der Waals surface area contributed by atoms with Crippen molar-refractivity contribution in [1.82, 2.24) is 9.78 Å². The van der Waals surface area contributed by atoms with Crippen LogP contribution in [0, 0.1) is 0 Å². The summed E-state index contributed by atoms with van der Waals surface area (Å²) in [6.07, 6.45) is 4.28. The molecule has 1 fully saturated rings. The van der Waals surface area contributed by atoms with E-state index in [0.717, 1.165) is 36.9 Å². The van der Waals surface area contributed by atoms with Gasteiger partial charge >= 0.3 is 0 Å². The second-order valence-corrected chi connectivity index (χ2v) is 6.85. The molecule has 1 aliphatic carbocycles. The molecular weight excluding hydrogens is 226 g/mol. The monoisotopic (exact) mass is 241 g/mol. The van der Waals surface area contributed by atoms with E-state index in [4.69, 9.17) is 5.73 Å². The summed E-state index contributed by atoms with van der Waals surface area (Å²) in [7, 11) is -2.81. The van der Waals surface area contributed by atoms with Crippen molar-refractivity contribution in [2.75, 3.05) is 17.2 Å². The van der Waals surface area contributed by atoms with Gasteiger partial charge in [0.25, 0.3) is 0 Å². The van der Waals surface area contributed by atoms with Crippen molar-refractivity contribution in [2.45, 2.75) is 31.7 Å². The van der Waals surface area contributed by atoms with Crippen molar-refractivity contribution < 1.29 is 8.42 Å². The molecule has 2 N–H and O–H groups in total. The Kier molecular flexibility index (Phi) is 2.04. The highest BCUT2D eigenvalue weighted by Crippen LogP contribution is 2.31. The fraction of sp³-hybridized carbons (Fsp3) is 0.700. The van der Waals surface area contributed by atoms with Gasteiger partial charge in [0.05, 0.1) is 23.2 Å². The number of nitrogens with zero attached hydrogens (tertiary/aromatic N) is 2. The minimum absolute atomic E-state index is 0.0319. The molecule has 0 bridgehead atoms. The van der Waals surface area contributed by atoms with Gasteiger partial charge in [0.2, 0.25) is 0 Å². The zero-order valence-corrected chi connectivity index (χ0v) is 9.83. The number of fused-ring (bicyclic) bond motifs is 1. The number of aryl methyl sites for hydroxylation is 1. The van der Waals surface area contributed by atoms with Crippen LogP contribution < -0.4 is 5.73 Å². The van der Waals surface area contributed by atoms with Crippen LogP contribution in [0.5, 0.6) is 0 Å². The van der Waals surface area contributed by atoms with Crippen LogP contribution >= 0.6 is 0 Å². The molecule has 88 valence electrons. The van der Waals surface area contributed by atoms with Gasteiger partial charge in [-0.25, -0.2) is 13.1 Å². The minimum Gasteiger partial charge on any atom is -0.384 e. The number of nitrogen functional groups attached to an aromatic ring is 1. The highest BCUT2D eigenvalue weighted by atomic mass is 32.2. The first-order valence-corrected chi connectivity index (χ1v) is 7.45. The van der Waals surface area contributed by atoms with E-state index < -0.39 is 9.84 Å². The number of nitrogens with two attached hydrogens (primary N) is 1. The highest BCUT2D eigenvalue weighted by Gasteiger charge is 2.37. The Hall–Kier alpha value is -1.04. The lowest BCUT2D eigenvalue weighted by molar-refractivity contribution is 0.475. The molecule has 2 aliphatic rings. The fourth-order valence-electron chi connectivity index (χ4n) is 2.55. The Balaban J connectivity index is 1.94. The summed E-state index contributed by atoms with van der Waals surface area (Å²) in [6.45, 7) is 0. The fourth-order valence-corrected chi connectivity index (χ4v) is 3.91. The Morgan fingerprint density at radius 3 is 2.56 bits per heavy atom. The quantitative estimate of drug-likeness (QED) is 0.767. The topological polar surface area (TPSA) is 78.0 Å². The second kappa shape index (κ2) is 3.23. The first kappa shape index (κ1) is 10.1. The van der Waals surface area contributed by atoms with Crippen LogP contribution in [-0.4, -0.2) is 29.7 Å². The van der Waals surface area contributed by atoms with Gasteiger partial charge in [0, 0.05) is 5.56 Å². The van der Waals surface area contributed by atoms with Crippen LogP contribution in [-0.2, 0) is 22.7 Å². The average Bonchev–Trinajstić information content (AvgIpc) is 2.53. The number of hydrogen-bond donors (Lipinski definition) is 1. The van der Waals surface area contributed by atoms with Crippen molar-refractivity contribution in [3.05, 3.63) is 11.3 Å². The maximum Gasteiger partial charge on any atom is 0.154 e. The van der Waals surface area contributed by atoms with E-state index in [-0.39, 0.29) is 17.5 Å². The molecule has 1 aliphatic heterocycles. The van der Waals surface area contributed by atoms with Crippen molar-refractivity contribution in [3.8, 4) is 0 Å². The van der Waals surface area contributed by atoms with Gasteiger partial charge in [0.15, 0.2) is 9.84 Å². The lowest BCUT2D eigenvalue weighted by Crippen LogP contribution is -2.39. The number of anilines is 1. The smallest absolute Gasteiger partial charge is 0.154 e. The van der Waals surface area contributed by atoms with E-state index in [1.54, 1.807) is 4.68 Å². The molecule has 1 aromatic heterocycles. The Morgan fingerprint density at radius 2 is 1.94 bits per heavy atom. The number of rotatable bonds is 1. The molecule has 0 radical (unpaired) electrons. The molecule has 5 nitrogen and oxygen atoms in total. The van der Waals surface area contributed by atoms with E-state index in [9.17, 15) is 8.42 Å². The van der Waals surface area contributed by atoms with Crippen LogP contribution in [0.25, 0.3) is 0 Å². The summed E-state index contributed by atoms with van der Waals surface area (Å²) < 4.78 is 24.0. The third kappa shape index (κ3) is 1.43. The standard InChI is InChI=1S/C10H15N3O2S/c11-10-8-3-1-2-4-9(8)12-13(10)7-5-16(14,15)6-7/h7H,1-6,11H2. The molecule has 6 heteroatoms. The predicted molar refractivity (Wildman–Crippen MR) is 61.0 cm³/mol. The van der Waals surface area contributed by atoms with Gasteiger partial charge in [-0.2, -0.15) is 5.10 Å². The third-order valence-corrected chi connectivity index (χ3v) is 5.25. The summed E-state index contributed by atoms with van der Waals surface area (Å²) >= 11 is 0. The molecule has 1 saturated heterocycles. The molecule has 0 saturated carbocycles. The summed E-state index contributed by atoms with van der Waals surface area (Å²) in [5, 5.41) is 4.47. The molecule has 0 amide bonds. The zero-order chi connectivity index (χ0) is 11.3. The van der Waals surface area contributed by atoms with Gasteiger partial charge in [-0.3, -0.25) is 0 Å². The van der Waals surface area contributed by atoms with Crippen LogP contribution in [0.1, 0.15) is 30.1 Å². The lowest BCUT2D eigenvalue weighted by Gasteiger charge is -2.26. The number of aromatic nitrogens is 2. The Morgan fingerprint density at radius 1 is 1.25 bits per heavy atom. The largest absolute Gasteiger partial charge is 0.384 e. The van der Waals surface area contributed by atoms with E-state index >= 15 is 0 Å². The van der Waals surface area contributed by atoms with Gasteiger partial charge < -0.3 is 5.73 Å². The van der Waals surface area contributed by atoms with E-state index in [1.165, 1.54) is 0 Å². The molecule has 3 rings (SSSR count). The van der Waals surface area contributed by atoms with Crippen LogP contribution in [0.2, 0.25) is 0 Å². The molecule has 0 unspecified atom stereocenters. The maximum absolute atomic E-state index is 11.1. The van der Waals surface area contributed by atoms with Gasteiger partial charge in [-0.15, -0.1) is 0 Å². The Labute approximate surface area is 94.5 Å². The first-order chi connectivity index (χ1) is 7.57. The molecule has 0 atom stereocenters. The molecule has 2 heterocycles. The lowest BCUT2D eigenvalue weighted by atomic mass is 9.98. The van der Waals surface area contributed by atoms with E-state index in [0.29, 0.717) is 5.82 Å². The number of sulfone groups is 1. The number of hydrogen-bond acceptors (Lipinski definition) is 4. The van der Waals surface area contributed by atoms with Crippen molar-refractivity contribution >= 4 is 15.7 Å². The molecular formula is C10H15N3O2S. The SMILES string of the molecule is Nc1c2c(nn1C1CS(=O)(=O)C1)CCCC2. The van der Waals surface area contributed by atoms with Crippen LogP contribution in [0.15, 0.2) is 0 Å². The Bertz CT molecular complexity index is 521. The second-order valence-electron chi connectivity index (χ2n) is 4.69. The molecule has 16 heavy (non-hydrogen) atoms. The summed E-state index contributed by atoms with van der Waals surface area (Å²) in [6, 6.07) is -0.0319. The van der Waals surface area contributed by atoms with Gasteiger partial charge in [0.1, 0.15) is 5.82 Å². The molecule has 1 aromatic rings. The summed E-state index contributed by atoms with van der Waals surface area (Å²) in [4.78, 5) is 0. The normalized spacial score (nSPS) is 23.8. The van der Waals surface area contributed by atoms with Gasteiger partial charge in [-0.1, -0.05) is 0 Å². The average molecular weight is 241 g/mol. The molecule has 0 aromatic carbocycles. The minimum atomic E-state index is -2.81. The molecule has 0 spiro atoms. The zero-order valence-electron chi connectivity index (χ0n) is 9.02. The van der Waals surface area contributed by atoms with Crippen molar-refractivity contribution in [2.24, 2.45) is 0 Å². The van der Waals surface area contributed by atoms with Crippen molar-refractivity contribution in [3.63, 3.8) is 0 Å². The van der Waals surface area contributed by atoms with Crippen molar-refractivity contribution in [1.29, 1.82) is 0 Å². The maximum atomic E-state index is 11.1. The summed E-state index contributed by atoms with van der Waals surface area (Å²) in [5.74, 6) is 1.07. The van der Waals surface area contributed by atoms with E-state index in [2.05, 4.69) is 5.10 Å². The first-order valence-electron chi connectivity index (χ1n) is 5.63. The van der Waals surface area contributed by atoms with Crippen LogP contribution in [0.3, 0.4) is 0 Å². The predicted octanol–water partition coefficient (Wildman–Crippen LogP) is 0.314. The van der Waals surface area contributed by atoms with E-state index in [1.807, 2.05) is 0 Å². The third-order valence-electron chi connectivity index (χ3n) is 3.46. The van der Waals surface area contributed by atoms with Gasteiger partial charge in [-0.05, 0) is 25.7 Å². The highest BCUT2D eigenvalue weighted by molar-refractivity contribution is 7.92.